The predicted octanol–water partition coefficient (Wildman–Crippen LogP) is 4.87. The molecule has 3 unspecified atom stereocenters. The molecule has 16 nitrogen and oxygen atoms in total. The standard InChI is InChI=1S/C42H66N8O8S2Si/c1-11-16-29(45-36(53)30-23-42(59-20-15-21-60-42)25-50(30)38(55)34(40(2,3)4)47-39(56)58-41(5,6)7)33(52)37(54)43-24-31(51)46-32(28-17-13-12-14-18-28)35-44-26-49(48-35)27-57-19-22-61(8,9)10/h12-14,17-18,26,29-30,32,34H,11,15-16,19-25,27H2,1-10H3,(H,43,54)(H,45,53)(H,46,51)(H,47,56)/t29?,30-,32?,34?/m0/s1. The van der Waals surface area contributed by atoms with Gasteiger partial charge in [0.15, 0.2) is 5.82 Å². The summed E-state index contributed by atoms with van der Waals surface area (Å²) in [7, 11) is -1.27. The van der Waals surface area contributed by atoms with Crippen LogP contribution in [0.1, 0.15) is 91.6 Å². The van der Waals surface area contributed by atoms with Crippen LogP contribution in [0.5, 0.6) is 0 Å². The first kappa shape index (κ1) is 49.7. The minimum Gasteiger partial charge on any atom is -0.444 e. The third-order valence-corrected chi connectivity index (χ3v) is 15.0. The van der Waals surface area contributed by atoms with Crippen LogP contribution in [0.4, 0.5) is 4.79 Å². The fourth-order valence-corrected chi connectivity index (χ4v) is 10.9. The minimum atomic E-state index is -1.27. The van der Waals surface area contributed by atoms with E-state index < -0.39 is 89.4 Å². The highest BCUT2D eigenvalue weighted by molar-refractivity contribution is 8.18. The van der Waals surface area contributed by atoms with E-state index in [9.17, 15) is 28.8 Å². The van der Waals surface area contributed by atoms with E-state index in [1.54, 1.807) is 49.0 Å². The lowest BCUT2D eigenvalue weighted by molar-refractivity contribution is -0.144. The van der Waals surface area contributed by atoms with Crippen molar-refractivity contribution in [2.45, 2.75) is 140 Å². The van der Waals surface area contributed by atoms with E-state index in [4.69, 9.17) is 9.47 Å². The van der Waals surface area contributed by atoms with Crippen LogP contribution < -0.4 is 21.3 Å². The second-order valence-corrected chi connectivity index (χ2v) is 27.7. The Hall–Kier alpha value is -3.94. The number of hydrogen-bond donors (Lipinski definition) is 4. The number of likely N-dealkylation sites (tertiary alicyclic amines) is 1. The molecule has 0 aliphatic carbocycles. The average Bonchev–Trinajstić information content (AvgIpc) is 3.80. The lowest BCUT2D eigenvalue weighted by atomic mass is 9.85. The maximum atomic E-state index is 14.5. The number of nitrogens with one attached hydrogen (secondary N) is 4. The van der Waals surface area contributed by atoms with Gasteiger partial charge in [-0.2, -0.15) is 5.10 Å². The normalized spacial score (nSPS) is 18.1. The molecule has 1 spiro atoms. The van der Waals surface area contributed by atoms with E-state index >= 15 is 0 Å². The maximum absolute atomic E-state index is 14.5. The summed E-state index contributed by atoms with van der Waals surface area (Å²) in [5, 5.41) is 15.4. The fraction of sp³-hybridized carbons (Fsp3) is 0.667. The highest BCUT2D eigenvalue weighted by atomic mass is 32.2. The van der Waals surface area contributed by atoms with E-state index in [0.717, 1.165) is 24.0 Å². The third-order valence-electron chi connectivity index (χ3n) is 9.98. The SMILES string of the molecule is CCCC(NC(=O)[C@@H]1CC2(CN1C(=O)C(NC(=O)OC(C)(C)C)C(C)(C)C)SCCCS2)C(=O)C(=O)NCC(=O)NC(c1ccccc1)c1ncn(COCC[Si](C)(C)C)n1. The Kier molecular flexibility index (Phi) is 17.5. The third kappa shape index (κ3) is 15.1. The number of rotatable bonds is 18. The summed E-state index contributed by atoms with van der Waals surface area (Å²) in [4.78, 5) is 87.9. The molecule has 4 atom stereocenters. The number of nitrogens with zero attached hydrogens (tertiary/aromatic N) is 4. The van der Waals surface area contributed by atoms with Gasteiger partial charge in [-0.05, 0) is 62.1 Å². The van der Waals surface area contributed by atoms with E-state index in [0.29, 0.717) is 30.8 Å². The molecule has 2 saturated heterocycles. The number of ether oxygens (including phenoxy) is 2. The Labute approximate surface area is 369 Å². The van der Waals surface area contributed by atoms with Gasteiger partial charge < -0.3 is 35.6 Å². The number of Topliss-reactive ketones (excluding diaryl/α,β-unsaturated/α-hetero) is 1. The fourth-order valence-electron chi connectivity index (χ4n) is 6.80. The molecule has 4 N–H and O–H groups in total. The molecular weight excluding hydrogens is 837 g/mol. The van der Waals surface area contributed by atoms with Crippen molar-refractivity contribution in [1.82, 2.24) is 40.9 Å². The van der Waals surface area contributed by atoms with E-state index in [-0.39, 0.29) is 19.7 Å². The number of hydrogen-bond acceptors (Lipinski definition) is 12. The Morgan fingerprint density at radius 1 is 0.967 bits per heavy atom. The number of amides is 5. The molecule has 0 bridgehead atoms. The van der Waals surface area contributed by atoms with Crippen LogP contribution in [-0.4, -0.2) is 122 Å². The van der Waals surface area contributed by atoms with Gasteiger partial charge in [-0.3, -0.25) is 24.0 Å². The zero-order valence-corrected chi connectivity index (χ0v) is 40.1. The summed E-state index contributed by atoms with van der Waals surface area (Å²) in [6, 6.07) is 6.18. The molecule has 5 amide bonds. The predicted molar refractivity (Wildman–Crippen MR) is 240 cm³/mol. The summed E-state index contributed by atoms with van der Waals surface area (Å²) in [5.74, 6) is -1.49. The van der Waals surface area contributed by atoms with Gasteiger partial charge in [0, 0.05) is 27.6 Å². The Morgan fingerprint density at radius 2 is 1.64 bits per heavy atom. The quantitative estimate of drug-likeness (QED) is 0.0900. The number of alkyl carbamates (subject to hydrolysis) is 1. The molecule has 61 heavy (non-hydrogen) atoms. The largest absolute Gasteiger partial charge is 0.444 e. The Bertz CT molecular complexity index is 1840. The highest BCUT2D eigenvalue weighted by Gasteiger charge is 2.53. The number of ketones is 1. The van der Waals surface area contributed by atoms with Crippen LogP contribution in [0.3, 0.4) is 0 Å². The molecule has 2 aliphatic rings. The van der Waals surface area contributed by atoms with Crippen molar-refractivity contribution in [3.63, 3.8) is 0 Å². The molecule has 1 aromatic heterocycles. The second kappa shape index (κ2) is 21.4. The molecule has 4 rings (SSSR count). The summed E-state index contributed by atoms with van der Waals surface area (Å²) < 4.78 is 12.4. The van der Waals surface area contributed by atoms with Gasteiger partial charge in [-0.25, -0.2) is 14.5 Å². The maximum Gasteiger partial charge on any atom is 0.408 e. The van der Waals surface area contributed by atoms with E-state index in [1.165, 1.54) is 11.2 Å². The lowest BCUT2D eigenvalue weighted by Gasteiger charge is -2.36. The van der Waals surface area contributed by atoms with Crippen LogP contribution in [0.25, 0.3) is 0 Å². The zero-order chi connectivity index (χ0) is 45.2. The summed E-state index contributed by atoms with van der Waals surface area (Å²) in [6.07, 6.45) is 2.71. The molecule has 2 aromatic rings. The Balaban J connectivity index is 1.44. The van der Waals surface area contributed by atoms with Gasteiger partial charge in [-0.1, -0.05) is 84.1 Å². The number of benzene rings is 1. The topological polar surface area (TPSA) is 203 Å². The second-order valence-electron chi connectivity index (χ2n) is 18.9. The zero-order valence-electron chi connectivity index (χ0n) is 37.4. The van der Waals surface area contributed by atoms with Crippen molar-refractivity contribution in [1.29, 1.82) is 0 Å². The number of aromatic nitrogens is 3. The Morgan fingerprint density at radius 3 is 2.25 bits per heavy atom. The molecule has 0 radical (unpaired) electrons. The minimum absolute atomic E-state index is 0.149. The summed E-state index contributed by atoms with van der Waals surface area (Å²) >= 11 is 3.41. The number of carbonyl (C=O) groups excluding carboxylic acids is 6. The van der Waals surface area contributed by atoms with Crippen molar-refractivity contribution in [2.24, 2.45) is 5.41 Å². The summed E-state index contributed by atoms with van der Waals surface area (Å²) in [6.45, 7) is 19.9. The van der Waals surface area contributed by atoms with Crippen molar-refractivity contribution < 1.29 is 38.2 Å². The van der Waals surface area contributed by atoms with Crippen LogP contribution in [0.2, 0.25) is 25.7 Å². The number of carbonyl (C=O) groups is 6. The average molecular weight is 903 g/mol. The monoisotopic (exact) mass is 902 g/mol. The van der Waals surface area contributed by atoms with Gasteiger partial charge in [0.1, 0.15) is 36.8 Å². The molecule has 2 fully saturated rings. The first-order valence-electron chi connectivity index (χ1n) is 21.0. The van der Waals surface area contributed by atoms with Crippen molar-refractivity contribution in [2.75, 3.05) is 31.2 Å². The van der Waals surface area contributed by atoms with E-state index in [2.05, 4.69) is 51.0 Å². The van der Waals surface area contributed by atoms with Crippen molar-refractivity contribution in [3.8, 4) is 0 Å². The molecule has 1 aromatic carbocycles. The van der Waals surface area contributed by atoms with Crippen molar-refractivity contribution in [3.05, 3.63) is 48.0 Å². The highest BCUT2D eigenvalue weighted by Crippen LogP contribution is 2.50. The van der Waals surface area contributed by atoms with E-state index in [1.807, 2.05) is 58.0 Å². The lowest BCUT2D eigenvalue weighted by Crippen LogP contribution is -2.59. The van der Waals surface area contributed by atoms with Gasteiger partial charge in [-0.15, -0.1) is 23.5 Å². The van der Waals surface area contributed by atoms with Crippen LogP contribution in [0.15, 0.2) is 36.7 Å². The van der Waals surface area contributed by atoms with Gasteiger partial charge in [0.05, 0.1) is 16.7 Å². The molecule has 2 aliphatic heterocycles. The molecular formula is C42H66N8O8S2Si. The van der Waals surface area contributed by atoms with Crippen LogP contribution >= 0.6 is 23.5 Å². The van der Waals surface area contributed by atoms with Gasteiger partial charge >= 0.3 is 6.09 Å². The van der Waals surface area contributed by atoms with Crippen LogP contribution in [0, 0.1) is 5.41 Å². The smallest absolute Gasteiger partial charge is 0.408 e. The molecule has 3 heterocycles. The number of thioether (sulfide) groups is 2. The van der Waals surface area contributed by atoms with Gasteiger partial charge in [0.2, 0.25) is 23.5 Å². The van der Waals surface area contributed by atoms with Gasteiger partial charge in [0.25, 0.3) is 5.91 Å². The first-order valence-corrected chi connectivity index (χ1v) is 26.7. The summed E-state index contributed by atoms with van der Waals surface area (Å²) in [5.41, 5.74) is -0.830. The molecule has 0 saturated carbocycles. The first-order chi connectivity index (χ1) is 28.5. The molecule has 338 valence electrons. The van der Waals surface area contributed by atoms with Crippen LogP contribution in [-0.2, 0) is 40.2 Å². The molecule has 19 heteroatoms. The van der Waals surface area contributed by atoms with Crippen molar-refractivity contribution >= 4 is 67.1 Å².